The van der Waals surface area contributed by atoms with Crippen LogP contribution < -0.4 is 15.6 Å². The van der Waals surface area contributed by atoms with Gasteiger partial charge in [-0.25, -0.2) is 4.39 Å². The summed E-state index contributed by atoms with van der Waals surface area (Å²) >= 11 is 1.13. The summed E-state index contributed by atoms with van der Waals surface area (Å²) in [6.07, 6.45) is 1.68. The smallest absolute Gasteiger partial charge is 0.268 e. The van der Waals surface area contributed by atoms with Crippen molar-refractivity contribution in [2.75, 3.05) is 6.54 Å². The Kier molecular flexibility index (Phi) is 6.58. The maximum atomic E-state index is 13.9. The van der Waals surface area contributed by atoms with E-state index >= 15 is 0 Å². The van der Waals surface area contributed by atoms with E-state index < -0.39 is 0 Å². The number of halogens is 1. The predicted molar refractivity (Wildman–Crippen MR) is 136 cm³/mol. The van der Waals surface area contributed by atoms with Crippen molar-refractivity contribution in [3.8, 4) is 22.6 Å². The highest BCUT2D eigenvalue weighted by molar-refractivity contribution is 7.20. The molecular formula is C27H25FN2O4S. The van der Waals surface area contributed by atoms with Gasteiger partial charge in [0.25, 0.3) is 11.5 Å². The maximum absolute atomic E-state index is 13.9. The molecule has 2 aromatic heterocycles. The van der Waals surface area contributed by atoms with Gasteiger partial charge in [0.05, 0.1) is 4.88 Å². The Labute approximate surface area is 206 Å². The summed E-state index contributed by atoms with van der Waals surface area (Å²) in [6, 6.07) is 9.57. The van der Waals surface area contributed by atoms with Gasteiger partial charge < -0.3 is 14.6 Å². The lowest BCUT2D eigenvalue weighted by molar-refractivity contribution is 0.0958. The van der Waals surface area contributed by atoms with Gasteiger partial charge in [-0.2, -0.15) is 0 Å². The highest BCUT2D eigenvalue weighted by Gasteiger charge is 2.20. The lowest BCUT2D eigenvalue weighted by atomic mass is 9.99. The van der Waals surface area contributed by atoms with Crippen LogP contribution in [0.25, 0.3) is 21.2 Å². The minimum absolute atomic E-state index is 0.124. The fraction of sp³-hybridized carbons (Fsp3) is 0.222. The number of hydrogen-bond donors (Lipinski definition) is 1. The van der Waals surface area contributed by atoms with Crippen LogP contribution in [0.3, 0.4) is 0 Å². The first kappa shape index (κ1) is 24.3. The van der Waals surface area contributed by atoms with Crippen LogP contribution in [0.1, 0.15) is 45.0 Å². The molecule has 0 saturated carbocycles. The number of rotatable bonds is 6. The van der Waals surface area contributed by atoms with Gasteiger partial charge in [-0.1, -0.05) is 0 Å². The van der Waals surface area contributed by atoms with Gasteiger partial charge >= 0.3 is 0 Å². The molecule has 1 N–H and O–H groups in total. The summed E-state index contributed by atoms with van der Waals surface area (Å²) in [5.74, 6) is 0.223. The van der Waals surface area contributed by atoms with Crippen molar-refractivity contribution in [2.24, 2.45) is 7.05 Å². The molecule has 0 saturated heterocycles. The first-order chi connectivity index (χ1) is 16.6. The number of carbonyl (C=O) groups excluding carboxylic acids is 2. The van der Waals surface area contributed by atoms with Gasteiger partial charge in [-0.15, -0.1) is 11.3 Å². The van der Waals surface area contributed by atoms with Crippen LogP contribution >= 0.6 is 11.3 Å². The quantitative estimate of drug-likeness (QED) is 0.347. The zero-order valence-electron chi connectivity index (χ0n) is 20.1. The van der Waals surface area contributed by atoms with Crippen LogP contribution in [0, 0.1) is 19.7 Å². The number of Topliss-reactive ketones (excluding diaryl/α,β-unsaturated/α-hetero) is 1. The van der Waals surface area contributed by atoms with Gasteiger partial charge in [0.1, 0.15) is 22.0 Å². The summed E-state index contributed by atoms with van der Waals surface area (Å²) in [7, 11) is 1.64. The summed E-state index contributed by atoms with van der Waals surface area (Å²) < 4.78 is 22.0. The van der Waals surface area contributed by atoms with Gasteiger partial charge in [-0.05, 0) is 75.2 Å². The third-order valence-electron chi connectivity index (χ3n) is 5.73. The molecule has 0 aliphatic rings. The SMILES string of the molecule is CCNC(=O)c1cc2c(-c3cc(C(C)=O)ccc3Oc3c(C)cc(F)cc3C)cn(C)c(=O)c2s1. The topological polar surface area (TPSA) is 77.4 Å². The van der Waals surface area contributed by atoms with Crippen LogP contribution in [0.2, 0.25) is 0 Å². The molecule has 180 valence electrons. The van der Waals surface area contributed by atoms with E-state index in [0.717, 1.165) is 11.3 Å². The number of aromatic nitrogens is 1. The van der Waals surface area contributed by atoms with E-state index in [1.807, 2.05) is 6.92 Å². The minimum atomic E-state index is -0.351. The zero-order chi connectivity index (χ0) is 25.4. The van der Waals surface area contributed by atoms with Crippen LogP contribution in [-0.2, 0) is 7.05 Å². The fourth-order valence-electron chi connectivity index (χ4n) is 4.02. The lowest BCUT2D eigenvalue weighted by Gasteiger charge is -2.17. The van der Waals surface area contributed by atoms with Gasteiger partial charge in [-0.3, -0.25) is 14.4 Å². The van der Waals surface area contributed by atoms with Crippen molar-refractivity contribution in [3.05, 3.63) is 80.3 Å². The molecule has 4 rings (SSSR count). The zero-order valence-corrected chi connectivity index (χ0v) is 20.9. The number of benzene rings is 2. The van der Waals surface area contributed by atoms with E-state index in [9.17, 15) is 18.8 Å². The number of aryl methyl sites for hydroxylation is 3. The molecule has 4 aromatic rings. The highest BCUT2D eigenvalue weighted by Crippen LogP contribution is 2.40. The highest BCUT2D eigenvalue weighted by atomic mass is 32.1. The average molecular weight is 493 g/mol. The minimum Gasteiger partial charge on any atom is -0.456 e. The standard InChI is InChI=1S/C27H25FN2O4S/c1-6-29-26(32)23-12-20-21(13-30(5)27(33)25(20)35-23)19-11-17(16(4)31)7-8-22(19)34-24-14(2)9-18(28)10-15(24)3/h7-13H,6H2,1-5H3,(H,29,32). The fourth-order valence-corrected chi connectivity index (χ4v) is 5.09. The Morgan fingerprint density at radius 3 is 2.40 bits per heavy atom. The predicted octanol–water partition coefficient (Wildman–Crippen LogP) is 5.77. The summed E-state index contributed by atoms with van der Waals surface area (Å²) in [6.45, 7) is 7.29. The van der Waals surface area contributed by atoms with Crippen molar-refractivity contribution in [1.82, 2.24) is 9.88 Å². The molecule has 2 aromatic carbocycles. The van der Waals surface area contributed by atoms with Crippen molar-refractivity contribution >= 4 is 33.1 Å². The Balaban J connectivity index is 1.98. The molecule has 0 fully saturated rings. The number of fused-ring (bicyclic) bond motifs is 1. The van der Waals surface area contributed by atoms with Crippen LogP contribution in [0.5, 0.6) is 11.5 Å². The Morgan fingerprint density at radius 1 is 1.09 bits per heavy atom. The molecule has 0 bridgehead atoms. The molecule has 8 heteroatoms. The van der Waals surface area contributed by atoms with E-state index in [2.05, 4.69) is 5.32 Å². The monoisotopic (exact) mass is 492 g/mol. The summed E-state index contributed by atoms with van der Waals surface area (Å²) in [5, 5.41) is 3.36. The van der Waals surface area contributed by atoms with Crippen molar-refractivity contribution in [2.45, 2.75) is 27.7 Å². The normalized spacial score (nSPS) is 11.0. The average Bonchev–Trinajstić information content (AvgIpc) is 3.25. The molecule has 0 aliphatic carbocycles. The van der Waals surface area contributed by atoms with E-state index in [1.54, 1.807) is 51.4 Å². The van der Waals surface area contributed by atoms with Gasteiger partial charge in [0.2, 0.25) is 0 Å². The van der Waals surface area contributed by atoms with E-state index in [0.29, 0.717) is 60.8 Å². The molecule has 0 atom stereocenters. The molecular weight excluding hydrogens is 467 g/mol. The molecule has 0 radical (unpaired) electrons. The Hall–Kier alpha value is -3.78. The van der Waals surface area contributed by atoms with E-state index in [-0.39, 0.29) is 23.1 Å². The molecule has 6 nitrogen and oxygen atoms in total. The first-order valence-electron chi connectivity index (χ1n) is 11.1. The number of hydrogen-bond acceptors (Lipinski definition) is 5. The summed E-state index contributed by atoms with van der Waals surface area (Å²) in [5.41, 5.74) is 2.74. The van der Waals surface area contributed by atoms with Crippen molar-refractivity contribution in [1.29, 1.82) is 0 Å². The van der Waals surface area contributed by atoms with Crippen LogP contribution in [0.15, 0.2) is 47.4 Å². The number of ether oxygens (including phenoxy) is 1. The lowest BCUT2D eigenvalue weighted by Crippen LogP contribution is -2.21. The maximum Gasteiger partial charge on any atom is 0.268 e. The van der Waals surface area contributed by atoms with E-state index in [1.165, 1.54) is 23.6 Å². The van der Waals surface area contributed by atoms with E-state index in [4.69, 9.17) is 4.74 Å². The molecule has 1 amide bonds. The van der Waals surface area contributed by atoms with Crippen molar-refractivity contribution in [3.63, 3.8) is 0 Å². The molecule has 0 spiro atoms. The molecule has 2 heterocycles. The van der Waals surface area contributed by atoms with Crippen LogP contribution in [-0.4, -0.2) is 22.8 Å². The third-order valence-corrected chi connectivity index (χ3v) is 6.86. The third kappa shape index (κ3) is 4.61. The number of carbonyl (C=O) groups is 2. The number of pyridine rings is 1. The molecule has 35 heavy (non-hydrogen) atoms. The summed E-state index contributed by atoms with van der Waals surface area (Å²) in [4.78, 5) is 38.0. The number of ketones is 1. The number of thiophene rings is 1. The molecule has 0 unspecified atom stereocenters. The first-order valence-corrected chi connectivity index (χ1v) is 11.9. The van der Waals surface area contributed by atoms with Crippen molar-refractivity contribution < 1.29 is 18.7 Å². The second-order valence-electron chi connectivity index (χ2n) is 8.41. The number of nitrogens with one attached hydrogen (secondary N) is 1. The number of amides is 1. The second kappa shape index (κ2) is 9.46. The Bertz CT molecular complexity index is 1530. The Morgan fingerprint density at radius 2 is 1.77 bits per heavy atom. The largest absolute Gasteiger partial charge is 0.456 e. The van der Waals surface area contributed by atoms with Crippen LogP contribution in [0.4, 0.5) is 4.39 Å². The number of nitrogens with zero attached hydrogens (tertiary/aromatic N) is 1. The van der Waals surface area contributed by atoms with Gasteiger partial charge in [0.15, 0.2) is 5.78 Å². The molecule has 0 aliphatic heterocycles. The second-order valence-corrected chi connectivity index (χ2v) is 9.46. The van der Waals surface area contributed by atoms with Gasteiger partial charge in [0, 0.05) is 41.9 Å².